The van der Waals surface area contributed by atoms with Gasteiger partial charge in [0.05, 0.1) is 24.9 Å². The second kappa shape index (κ2) is 7.80. The van der Waals surface area contributed by atoms with Crippen molar-refractivity contribution in [1.29, 1.82) is 0 Å². The van der Waals surface area contributed by atoms with Gasteiger partial charge >= 0.3 is 0 Å². The molecule has 25 heavy (non-hydrogen) atoms. The average Bonchev–Trinajstić information content (AvgIpc) is 2.94. The lowest BCUT2D eigenvalue weighted by Gasteiger charge is -2.35. The fourth-order valence-corrected chi connectivity index (χ4v) is 3.31. The van der Waals surface area contributed by atoms with Crippen molar-refractivity contribution in [3.05, 3.63) is 52.4 Å². The normalized spacial score (nSPS) is 16.6. The lowest BCUT2D eigenvalue weighted by molar-refractivity contribution is 0.0162. The third-order valence-electron chi connectivity index (χ3n) is 4.63. The first-order chi connectivity index (χ1) is 12.1. The molecular formula is C19H25N3O3. The van der Waals surface area contributed by atoms with Crippen LogP contribution >= 0.6 is 0 Å². The summed E-state index contributed by atoms with van der Waals surface area (Å²) in [6.45, 7) is 9.33. The number of aromatic nitrogens is 1. The fourth-order valence-electron chi connectivity index (χ4n) is 3.31. The predicted octanol–water partition coefficient (Wildman–Crippen LogP) is 2.40. The molecule has 1 atom stereocenters. The smallest absolute Gasteiger partial charge is 0.256 e. The van der Waals surface area contributed by atoms with Crippen molar-refractivity contribution in [1.82, 2.24) is 15.4 Å². The van der Waals surface area contributed by atoms with Crippen molar-refractivity contribution in [2.24, 2.45) is 0 Å². The van der Waals surface area contributed by atoms with E-state index >= 15 is 0 Å². The molecule has 2 aromatic rings. The molecule has 0 aliphatic carbocycles. The van der Waals surface area contributed by atoms with Crippen molar-refractivity contribution in [2.75, 3.05) is 32.8 Å². The highest BCUT2D eigenvalue weighted by Crippen LogP contribution is 2.22. The molecule has 0 radical (unpaired) electrons. The zero-order valence-corrected chi connectivity index (χ0v) is 15.0. The van der Waals surface area contributed by atoms with Gasteiger partial charge in [-0.15, -0.1) is 0 Å². The number of aryl methyl sites for hydroxylation is 3. The van der Waals surface area contributed by atoms with Crippen LogP contribution in [0.3, 0.4) is 0 Å². The molecule has 6 nitrogen and oxygen atoms in total. The summed E-state index contributed by atoms with van der Waals surface area (Å²) >= 11 is 0. The van der Waals surface area contributed by atoms with E-state index in [4.69, 9.17) is 9.26 Å². The minimum absolute atomic E-state index is 0.119. The van der Waals surface area contributed by atoms with Gasteiger partial charge in [0, 0.05) is 19.6 Å². The number of ether oxygens (including phenoxy) is 1. The zero-order chi connectivity index (χ0) is 17.8. The van der Waals surface area contributed by atoms with Crippen LogP contribution in [0.15, 0.2) is 28.8 Å². The van der Waals surface area contributed by atoms with Gasteiger partial charge in [-0.1, -0.05) is 35.0 Å². The summed E-state index contributed by atoms with van der Waals surface area (Å²) in [4.78, 5) is 14.9. The standard InChI is InChI=1S/C19H25N3O3/c1-13-5-4-6-16(11-13)17(22-7-9-24-10-8-22)12-20-19(23)18-14(2)21-25-15(18)3/h4-6,11,17H,7-10,12H2,1-3H3,(H,20,23)/t17-/m1/s1. The van der Waals surface area contributed by atoms with Crippen LogP contribution in [0, 0.1) is 20.8 Å². The summed E-state index contributed by atoms with van der Waals surface area (Å²) in [6.07, 6.45) is 0. The van der Waals surface area contributed by atoms with Crippen LogP contribution in [0.25, 0.3) is 0 Å². The molecular weight excluding hydrogens is 318 g/mol. The SMILES string of the molecule is Cc1cccc([C@@H](CNC(=O)c2c(C)noc2C)N2CCOCC2)c1. The summed E-state index contributed by atoms with van der Waals surface area (Å²) in [5, 5.41) is 6.92. The van der Waals surface area contributed by atoms with Gasteiger partial charge in [-0.25, -0.2) is 0 Å². The first-order valence-corrected chi connectivity index (χ1v) is 8.65. The number of hydrogen-bond acceptors (Lipinski definition) is 5. The number of nitrogens with one attached hydrogen (secondary N) is 1. The lowest BCUT2D eigenvalue weighted by atomic mass is 10.0. The van der Waals surface area contributed by atoms with Gasteiger partial charge < -0.3 is 14.6 Å². The van der Waals surface area contributed by atoms with Gasteiger partial charge in [-0.2, -0.15) is 0 Å². The Morgan fingerprint density at radius 1 is 1.28 bits per heavy atom. The fraction of sp³-hybridized carbons (Fsp3) is 0.474. The Hall–Kier alpha value is -2.18. The van der Waals surface area contributed by atoms with Gasteiger partial charge in [-0.3, -0.25) is 9.69 Å². The number of nitrogens with zero attached hydrogens (tertiary/aromatic N) is 2. The molecule has 0 saturated carbocycles. The number of morpholine rings is 1. The Kier molecular flexibility index (Phi) is 5.50. The van der Waals surface area contributed by atoms with Gasteiger partial charge in [-0.05, 0) is 26.3 Å². The highest BCUT2D eigenvalue weighted by atomic mass is 16.5. The van der Waals surface area contributed by atoms with Crippen LogP contribution < -0.4 is 5.32 Å². The number of hydrogen-bond donors (Lipinski definition) is 1. The van der Waals surface area contributed by atoms with Crippen molar-refractivity contribution < 1.29 is 14.1 Å². The third-order valence-corrected chi connectivity index (χ3v) is 4.63. The van der Waals surface area contributed by atoms with Crippen molar-refractivity contribution in [2.45, 2.75) is 26.8 Å². The topological polar surface area (TPSA) is 67.6 Å². The molecule has 1 aromatic carbocycles. The molecule has 6 heteroatoms. The van der Waals surface area contributed by atoms with Crippen LogP contribution in [0.5, 0.6) is 0 Å². The van der Waals surface area contributed by atoms with Crippen molar-refractivity contribution in [3.63, 3.8) is 0 Å². The van der Waals surface area contributed by atoms with Gasteiger partial charge in [0.1, 0.15) is 11.3 Å². The first-order valence-electron chi connectivity index (χ1n) is 8.65. The van der Waals surface area contributed by atoms with E-state index in [1.807, 2.05) is 0 Å². The average molecular weight is 343 g/mol. The van der Waals surface area contributed by atoms with Crippen LogP contribution in [0.1, 0.15) is 39.0 Å². The van der Waals surface area contributed by atoms with Gasteiger partial charge in [0.15, 0.2) is 0 Å². The Morgan fingerprint density at radius 3 is 2.68 bits per heavy atom. The number of rotatable bonds is 5. The van der Waals surface area contributed by atoms with E-state index in [-0.39, 0.29) is 11.9 Å². The van der Waals surface area contributed by atoms with Crippen molar-refractivity contribution >= 4 is 5.91 Å². The van der Waals surface area contributed by atoms with E-state index in [9.17, 15) is 4.79 Å². The van der Waals surface area contributed by atoms with E-state index in [1.54, 1.807) is 13.8 Å². The van der Waals surface area contributed by atoms with E-state index < -0.39 is 0 Å². The number of amides is 1. The summed E-state index contributed by atoms with van der Waals surface area (Å²) in [7, 11) is 0. The quantitative estimate of drug-likeness (QED) is 0.903. The summed E-state index contributed by atoms with van der Waals surface area (Å²) in [6, 6.07) is 8.57. The molecule has 2 heterocycles. The second-order valence-corrected chi connectivity index (χ2v) is 6.49. The number of carbonyl (C=O) groups is 1. The predicted molar refractivity (Wildman–Crippen MR) is 94.6 cm³/mol. The molecule has 0 unspecified atom stereocenters. The Morgan fingerprint density at radius 2 is 2.04 bits per heavy atom. The zero-order valence-electron chi connectivity index (χ0n) is 15.0. The molecule has 134 valence electrons. The van der Waals surface area contributed by atoms with E-state index in [0.29, 0.717) is 23.6 Å². The van der Waals surface area contributed by atoms with Gasteiger partial charge in [0.25, 0.3) is 5.91 Å². The molecule has 1 fully saturated rings. The monoisotopic (exact) mass is 343 g/mol. The number of carbonyl (C=O) groups excluding carboxylic acids is 1. The summed E-state index contributed by atoms with van der Waals surface area (Å²) in [5.74, 6) is 0.413. The highest BCUT2D eigenvalue weighted by Gasteiger charge is 2.25. The van der Waals surface area contributed by atoms with E-state index in [1.165, 1.54) is 11.1 Å². The van der Waals surface area contributed by atoms with Crippen LogP contribution in [-0.2, 0) is 4.74 Å². The maximum atomic E-state index is 12.6. The largest absolute Gasteiger partial charge is 0.379 e. The molecule has 0 spiro atoms. The van der Waals surface area contributed by atoms with Crippen molar-refractivity contribution in [3.8, 4) is 0 Å². The Bertz CT molecular complexity index is 716. The number of benzene rings is 1. The Labute approximate surface area is 148 Å². The van der Waals surface area contributed by atoms with Crippen LogP contribution in [-0.4, -0.2) is 48.8 Å². The molecule has 1 aliphatic rings. The van der Waals surface area contributed by atoms with Crippen LogP contribution in [0.2, 0.25) is 0 Å². The Balaban J connectivity index is 1.76. The highest BCUT2D eigenvalue weighted by molar-refractivity contribution is 5.96. The lowest BCUT2D eigenvalue weighted by Crippen LogP contribution is -2.44. The third kappa shape index (κ3) is 4.08. The molecule has 1 aromatic heterocycles. The van der Waals surface area contributed by atoms with E-state index in [0.717, 1.165) is 26.3 Å². The summed E-state index contributed by atoms with van der Waals surface area (Å²) < 4.78 is 10.6. The molecule has 3 rings (SSSR count). The van der Waals surface area contributed by atoms with E-state index in [2.05, 4.69) is 46.6 Å². The minimum atomic E-state index is -0.137. The maximum absolute atomic E-state index is 12.6. The second-order valence-electron chi connectivity index (χ2n) is 6.49. The summed E-state index contributed by atoms with van der Waals surface area (Å²) in [5.41, 5.74) is 3.58. The first kappa shape index (κ1) is 17.6. The molecule has 1 aliphatic heterocycles. The minimum Gasteiger partial charge on any atom is -0.379 e. The van der Waals surface area contributed by atoms with Gasteiger partial charge in [0.2, 0.25) is 0 Å². The molecule has 1 saturated heterocycles. The van der Waals surface area contributed by atoms with Crippen LogP contribution in [0.4, 0.5) is 0 Å². The molecule has 1 N–H and O–H groups in total. The molecule has 1 amide bonds. The molecule has 0 bridgehead atoms. The maximum Gasteiger partial charge on any atom is 0.256 e.